The summed E-state index contributed by atoms with van der Waals surface area (Å²) >= 11 is 1.93. The number of hydrogen-bond acceptors (Lipinski definition) is 5. The van der Waals surface area contributed by atoms with E-state index in [-0.39, 0.29) is 6.04 Å². The maximum atomic E-state index is 4.02. The highest BCUT2D eigenvalue weighted by molar-refractivity contribution is 7.99. The zero-order valence-electron chi connectivity index (χ0n) is 10.1. The summed E-state index contributed by atoms with van der Waals surface area (Å²) in [6.45, 7) is 2.06. The van der Waals surface area contributed by atoms with Crippen molar-refractivity contribution in [2.75, 3.05) is 5.75 Å². The van der Waals surface area contributed by atoms with Gasteiger partial charge >= 0.3 is 0 Å². The van der Waals surface area contributed by atoms with E-state index in [9.17, 15) is 0 Å². The lowest BCUT2D eigenvalue weighted by molar-refractivity contribution is 0.437. The van der Waals surface area contributed by atoms with E-state index in [4.69, 9.17) is 0 Å². The van der Waals surface area contributed by atoms with Crippen LogP contribution in [0.2, 0.25) is 0 Å². The second kappa shape index (κ2) is 5.07. The van der Waals surface area contributed by atoms with Crippen molar-refractivity contribution in [3.05, 3.63) is 35.7 Å². The maximum Gasteiger partial charge on any atom is 0.191 e. The number of fused-ring (bicyclic) bond motifs is 1. The van der Waals surface area contributed by atoms with E-state index in [2.05, 4.69) is 57.1 Å². The average molecular weight is 261 g/mol. The van der Waals surface area contributed by atoms with Gasteiger partial charge in [0.25, 0.3) is 0 Å². The Bertz CT molecular complexity index is 513. The quantitative estimate of drug-likeness (QED) is 0.885. The molecule has 2 aromatic rings. The van der Waals surface area contributed by atoms with Crippen LogP contribution in [-0.4, -0.2) is 26.4 Å². The number of rotatable bonds is 3. The fourth-order valence-corrected chi connectivity index (χ4v) is 3.37. The molecule has 94 valence electrons. The molecule has 2 atom stereocenters. The zero-order chi connectivity index (χ0) is 12.4. The van der Waals surface area contributed by atoms with Crippen LogP contribution in [-0.2, 0) is 0 Å². The van der Waals surface area contributed by atoms with Crippen molar-refractivity contribution in [1.82, 2.24) is 25.9 Å². The van der Waals surface area contributed by atoms with Crippen molar-refractivity contribution in [3.63, 3.8) is 0 Å². The SMILES string of the molecule is CC(NC1CCSc2ccccc21)c1nn[nH]n1. The fourth-order valence-electron chi connectivity index (χ4n) is 2.24. The van der Waals surface area contributed by atoms with Crippen molar-refractivity contribution in [1.29, 1.82) is 0 Å². The molecule has 5 nitrogen and oxygen atoms in total. The maximum absolute atomic E-state index is 4.02. The number of benzene rings is 1. The molecule has 0 saturated carbocycles. The van der Waals surface area contributed by atoms with Gasteiger partial charge in [-0.25, -0.2) is 0 Å². The third kappa shape index (κ3) is 2.26. The summed E-state index contributed by atoms with van der Waals surface area (Å²) in [6.07, 6.45) is 1.13. The number of nitrogens with one attached hydrogen (secondary N) is 2. The number of thioether (sulfide) groups is 1. The molecular formula is C12H15N5S. The highest BCUT2D eigenvalue weighted by atomic mass is 32.2. The topological polar surface area (TPSA) is 66.5 Å². The van der Waals surface area contributed by atoms with Crippen molar-refractivity contribution >= 4 is 11.8 Å². The Morgan fingerprint density at radius 1 is 1.44 bits per heavy atom. The Kier molecular flexibility index (Phi) is 3.29. The first-order chi connectivity index (χ1) is 8.84. The van der Waals surface area contributed by atoms with E-state index in [1.54, 1.807) is 0 Å². The van der Waals surface area contributed by atoms with Crippen molar-refractivity contribution in [2.45, 2.75) is 30.3 Å². The van der Waals surface area contributed by atoms with Gasteiger partial charge < -0.3 is 5.32 Å². The molecule has 0 spiro atoms. The molecule has 2 N–H and O–H groups in total. The number of aromatic nitrogens is 4. The van der Waals surface area contributed by atoms with E-state index < -0.39 is 0 Å². The summed E-state index contributed by atoms with van der Waals surface area (Å²) in [5.41, 5.74) is 1.38. The lowest BCUT2D eigenvalue weighted by Crippen LogP contribution is -2.28. The minimum Gasteiger partial charge on any atom is -0.300 e. The van der Waals surface area contributed by atoms with E-state index in [0.29, 0.717) is 11.9 Å². The predicted molar refractivity (Wildman–Crippen MR) is 70.3 cm³/mol. The molecule has 1 aromatic heterocycles. The molecule has 1 aromatic carbocycles. The van der Waals surface area contributed by atoms with Crippen LogP contribution in [0.3, 0.4) is 0 Å². The molecule has 0 aliphatic carbocycles. The van der Waals surface area contributed by atoms with Gasteiger partial charge in [0.2, 0.25) is 0 Å². The van der Waals surface area contributed by atoms with Gasteiger partial charge in [0.05, 0.1) is 6.04 Å². The molecule has 0 saturated heterocycles. The lowest BCUT2D eigenvalue weighted by Gasteiger charge is -2.27. The average Bonchev–Trinajstić information content (AvgIpc) is 2.93. The first-order valence-corrected chi connectivity index (χ1v) is 7.04. The fraction of sp³-hybridized carbons (Fsp3) is 0.417. The number of hydrogen-bond donors (Lipinski definition) is 2. The van der Waals surface area contributed by atoms with Gasteiger partial charge in [-0.3, -0.25) is 0 Å². The summed E-state index contributed by atoms with van der Waals surface area (Å²) in [7, 11) is 0. The third-order valence-corrected chi connectivity index (χ3v) is 4.28. The molecule has 2 unspecified atom stereocenters. The molecule has 0 fully saturated rings. The molecule has 0 radical (unpaired) electrons. The van der Waals surface area contributed by atoms with Crippen LogP contribution >= 0.6 is 11.8 Å². The van der Waals surface area contributed by atoms with Crippen LogP contribution < -0.4 is 5.32 Å². The van der Waals surface area contributed by atoms with Gasteiger partial charge in [0.15, 0.2) is 5.82 Å². The second-order valence-electron chi connectivity index (χ2n) is 4.39. The molecule has 3 rings (SSSR count). The predicted octanol–water partition coefficient (Wildman–Crippen LogP) is 2.09. The van der Waals surface area contributed by atoms with Crippen molar-refractivity contribution in [2.24, 2.45) is 0 Å². The smallest absolute Gasteiger partial charge is 0.191 e. The first-order valence-electron chi connectivity index (χ1n) is 6.05. The summed E-state index contributed by atoms with van der Waals surface area (Å²) in [5, 5.41) is 17.7. The van der Waals surface area contributed by atoms with Crippen LogP contribution in [0.15, 0.2) is 29.2 Å². The second-order valence-corrected chi connectivity index (χ2v) is 5.52. The monoisotopic (exact) mass is 261 g/mol. The number of nitrogens with zero attached hydrogens (tertiary/aromatic N) is 3. The van der Waals surface area contributed by atoms with Gasteiger partial charge in [-0.15, -0.1) is 22.0 Å². The standard InChI is InChI=1S/C12H15N5S/c1-8(12-14-16-17-15-12)13-10-6-7-18-11-5-3-2-4-9(10)11/h2-5,8,10,13H,6-7H2,1H3,(H,14,15,16,17). The molecule has 1 aliphatic heterocycles. The normalized spacial score (nSPS) is 20.4. The summed E-state index contributed by atoms with van der Waals surface area (Å²) in [4.78, 5) is 1.38. The number of tetrazole rings is 1. The molecule has 6 heteroatoms. The Morgan fingerprint density at radius 3 is 3.17 bits per heavy atom. The molecular weight excluding hydrogens is 246 g/mol. The van der Waals surface area contributed by atoms with Gasteiger partial charge in [0, 0.05) is 10.9 Å². The first kappa shape index (κ1) is 11.7. The third-order valence-electron chi connectivity index (χ3n) is 3.16. The molecule has 0 amide bonds. The van der Waals surface area contributed by atoms with Crippen LogP contribution in [0.4, 0.5) is 0 Å². The van der Waals surface area contributed by atoms with E-state index in [1.807, 2.05) is 11.8 Å². The number of H-pyrrole nitrogens is 1. The van der Waals surface area contributed by atoms with Gasteiger partial charge in [0.1, 0.15) is 0 Å². The Morgan fingerprint density at radius 2 is 2.33 bits per heavy atom. The van der Waals surface area contributed by atoms with Crippen LogP contribution in [0.1, 0.15) is 36.8 Å². The number of aromatic amines is 1. The van der Waals surface area contributed by atoms with Gasteiger partial charge in [-0.1, -0.05) is 23.4 Å². The molecule has 18 heavy (non-hydrogen) atoms. The van der Waals surface area contributed by atoms with E-state index in [0.717, 1.165) is 12.2 Å². The largest absolute Gasteiger partial charge is 0.300 e. The summed E-state index contributed by atoms with van der Waals surface area (Å²) in [6, 6.07) is 9.05. The van der Waals surface area contributed by atoms with Gasteiger partial charge in [-0.05, 0) is 30.7 Å². The summed E-state index contributed by atoms with van der Waals surface area (Å²) < 4.78 is 0. The van der Waals surface area contributed by atoms with Crippen LogP contribution in [0.25, 0.3) is 0 Å². The molecule has 1 aliphatic rings. The van der Waals surface area contributed by atoms with Gasteiger partial charge in [-0.2, -0.15) is 5.21 Å². The van der Waals surface area contributed by atoms with E-state index >= 15 is 0 Å². The minimum absolute atomic E-state index is 0.102. The summed E-state index contributed by atoms with van der Waals surface area (Å²) in [5.74, 6) is 1.86. The Hall–Kier alpha value is -1.40. The lowest BCUT2D eigenvalue weighted by atomic mass is 10.0. The van der Waals surface area contributed by atoms with E-state index in [1.165, 1.54) is 10.5 Å². The van der Waals surface area contributed by atoms with Crippen LogP contribution in [0, 0.1) is 0 Å². The molecule has 2 heterocycles. The van der Waals surface area contributed by atoms with Crippen molar-refractivity contribution in [3.8, 4) is 0 Å². The molecule has 0 bridgehead atoms. The van der Waals surface area contributed by atoms with Crippen LogP contribution in [0.5, 0.6) is 0 Å². The zero-order valence-corrected chi connectivity index (χ0v) is 10.9. The highest BCUT2D eigenvalue weighted by Crippen LogP contribution is 2.36. The minimum atomic E-state index is 0.102. The van der Waals surface area contributed by atoms with Crippen molar-refractivity contribution < 1.29 is 0 Å². The Balaban J connectivity index is 1.78. The Labute approximate surface area is 110 Å². The highest BCUT2D eigenvalue weighted by Gasteiger charge is 2.23.